The first kappa shape index (κ1) is 11.7. The Hall–Kier alpha value is -1.42. The van der Waals surface area contributed by atoms with Crippen LogP contribution in [-0.4, -0.2) is 26.4 Å². The first-order chi connectivity index (χ1) is 7.13. The number of benzene rings is 1. The molecule has 1 N–H and O–H groups in total. The van der Waals surface area contributed by atoms with E-state index in [0.29, 0.717) is 22.8 Å². The first-order valence-corrected chi connectivity index (χ1v) is 4.62. The Bertz CT molecular complexity index is 308. The van der Waals surface area contributed by atoms with Crippen molar-refractivity contribution in [3.63, 3.8) is 0 Å². The molecule has 0 fully saturated rings. The molecule has 0 saturated heterocycles. The standard InChI is InChI=1S/C11H16O4/c1-7(12)11-9(14-3)5-8(13-2)6-10(11)15-4/h5-7,12H,1-4H3/t7-/m0/s1. The molecule has 0 aliphatic rings. The Kier molecular flexibility index (Phi) is 3.80. The summed E-state index contributed by atoms with van der Waals surface area (Å²) in [4.78, 5) is 0. The number of hydrogen-bond donors (Lipinski definition) is 1. The Morgan fingerprint density at radius 3 is 1.73 bits per heavy atom. The van der Waals surface area contributed by atoms with Gasteiger partial charge in [-0.2, -0.15) is 0 Å². The zero-order valence-electron chi connectivity index (χ0n) is 9.40. The maximum absolute atomic E-state index is 9.61. The lowest BCUT2D eigenvalue weighted by Crippen LogP contribution is -2.01. The fourth-order valence-corrected chi connectivity index (χ4v) is 1.44. The monoisotopic (exact) mass is 212 g/mol. The van der Waals surface area contributed by atoms with E-state index in [1.54, 1.807) is 40.4 Å². The van der Waals surface area contributed by atoms with Crippen molar-refractivity contribution in [1.82, 2.24) is 0 Å². The summed E-state index contributed by atoms with van der Waals surface area (Å²) in [6.45, 7) is 1.66. The molecule has 0 unspecified atom stereocenters. The molecule has 0 saturated carbocycles. The van der Waals surface area contributed by atoms with E-state index in [0.717, 1.165) is 0 Å². The fraction of sp³-hybridized carbons (Fsp3) is 0.455. The minimum absolute atomic E-state index is 0.557. The third-order valence-corrected chi connectivity index (χ3v) is 2.17. The van der Waals surface area contributed by atoms with E-state index in [1.807, 2.05) is 0 Å². The number of aliphatic hydroxyl groups is 1. The van der Waals surface area contributed by atoms with Crippen molar-refractivity contribution in [1.29, 1.82) is 0 Å². The summed E-state index contributed by atoms with van der Waals surface area (Å²) in [6, 6.07) is 3.43. The second-order valence-electron chi connectivity index (χ2n) is 3.12. The highest BCUT2D eigenvalue weighted by atomic mass is 16.5. The summed E-state index contributed by atoms with van der Waals surface area (Å²) < 4.78 is 15.4. The van der Waals surface area contributed by atoms with Gasteiger partial charge in [0.05, 0.1) is 33.0 Å². The highest BCUT2D eigenvalue weighted by Gasteiger charge is 2.16. The predicted octanol–water partition coefficient (Wildman–Crippen LogP) is 1.77. The topological polar surface area (TPSA) is 47.9 Å². The summed E-state index contributed by atoms with van der Waals surface area (Å²) in [7, 11) is 4.65. The minimum Gasteiger partial charge on any atom is -0.496 e. The van der Waals surface area contributed by atoms with Gasteiger partial charge in [0, 0.05) is 12.1 Å². The smallest absolute Gasteiger partial charge is 0.132 e. The van der Waals surface area contributed by atoms with E-state index in [1.165, 1.54) is 0 Å². The number of methoxy groups -OCH3 is 3. The third-order valence-electron chi connectivity index (χ3n) is 2.17. The molecule has 84 valence electrons. The Balaban J connectivity index is 3.32. The molecule has 0 aliphatic heterocycles. The molecule has 0 aromatic heterocycles. The molecule has 1 rings (SSSR count). The zero-order valence-corrected chi connectivity index (χ0v) is 9.40. The van der Waals surface area contributed by atoms with Crippen LogP contribution < -0.4 is 14.2 Å². The average molecular weight is 212 g/mol. The van der Waals surface area contributed by atoms with Crippen LogP contribution in [0.4, 0.5) is 0 Å². The molecule has 0 bridgehead atoms. The van der Waals surface area contributed by atoms with Crippen LogP contribution in [0, 0.1) is 0 Å². The molecule has 1 atom stereocenters. The average Bonchev–Trinajstić information content (AvgIpc) is 2.26. The molecular weight excluding hydrogens is 196 g/mol. The van der Waals surface area contributed by atoms with Crippen LogP contribution in [0.3, 0.4) is 0 Å². The van der Waals surface area contributed by atoms with Gasteiger partial charge < -0.3 is 19.3 Å². The summed E-state index contributed by atoms with van der Waals surface area (Å²) in [5.74, 6) is 1.75. The van der Waals surface area contributed by atoms with Gasteiger partial charge in [0.1, 0.15) is 17.2 Å². The molecule has 0 aliphatic carbocycles. The SMILES string of the molecule is COc1cc(OC)c([C@H](C)O)c(OC)c1. The quantitative estimate of drug-likeness (QED) is 0.826. The van der Waals surface area contributed by atoms with E-state index >= 15 is 0 Å². The highest BCUT2D eigenvalue weighted by Crippen LogP contribution is 2.37. The van der Waals surface area contributed by atoms with E-state index < -0.39 is 6.10 Å². The van der Waals surface area contributed by atoms with Crippen molar-refractivity contribution in [2.24, 2.45) is 0 Å². The van der Waals surface area contributed by atoms with Gasteiger partial charge >= 0.3 is 0 Å². The van der Waals surface area contributed by atoms with Crippen LogP contribution >= 0.6 is 0 Å². The predicted molar refractivity (Wildman–Crippen MR) is 56.7 cm³/mol. The van der Waals surface area contributed by atoms with E-state index in [9.17, 15) is 5.11 Å². The lowest BCUT2D eigenvalue weighted by molar-refractivity contribution is 0.188. The van der Waals surface area contributed by atoms with Crippen LogP contribution in [0.15, 0.2) is 12.1 Å². The Morgan fingerprint density at radius 2 is 1.47 bits per heavy atom. The van der Waals surface area contributed by atoms with Gasteiger partial charge in [0.15, 0.2) is 0 Å². The van der Waals surface area contributed by atoms with Gasteiger partial charge in [0.25, 0.3) is 0 Å². The van der Waals surface area contributed by atoms with Crippen molar-refractivity contribution in [2.45, 2.75) is 13.0 Å². The van der Waals surface area contributed by atoms with Crippen LogP contribution in [-0.2, 0) is 0 Å². The molecule has 15 heavy (non-hydrogen) atoms. The van der Waals surface area contributed by atoms with Crippen LogP contribution in [0.25, 0.3) is 0 Å². The molecule has 0 amide bonds. The van der Waals surface area contributed by atoms with Gasteiger partial charge in [-0.25, -0.2) is 0 Å². The molecule has 4 nitrogen and oxygen atoms in total. The normalized spacial score (nSPS) is 12.1. The minimum atomic E-state index is -0.652. The number of ether oxygens (including phenoxy) is 3. The highest BCUT2D eigenvalue weighted by molar-refractivity contribution is 5.51. The second-order valence-corrected chi connectivity index (χ2v) is 3.12. The van der Waals surface area contributed by atoms with E-state index in [2.05, 4.69) is 0 Å². The van der Waals surface area contributed by atoms with Crippen LogP contribution in [0.5, 0.6) is 17.2 Å². The third kappa shape index (κ3) is 2.33. The van der Waals surface area contributed by atoms with Crippen LogP contribution in [0.2, 0.25) is 0 Å². The number of aliphatic hydroxyl groups excluding tert-OH is 1. The molecular formula is C11H16O4. The second kappa shape index (κ2) is 4.89. The van der Waals surface area contributed by atoms with Gasteiger partial charge in [0.2, 0.25) is 0 Å². The lowest BCUT2D eigenvalue weighted by Gasteiger charge is -2.16. The summed E-state index contributed by atoms with van der Waals surface area (Å²) in [5, 5.41) is 9.61. The molecule has 0 spiro atoms. The fourth-order valence-electron chi connectivity index (χ4n) is 1.44. The largest absolute Gasteiger partial charge is 0.496 e. The molecule has 1 aromatic rings. The van der Waals surface area contributed by atoms with Gasteiger partial charge in [-0.05, 0) is 6.92 Å². The van der Waals surface area contributed by atoms with Crippen molar-refractivity contribution >= 4 is 0 Å². The number of hydrogen-bond acceptors (Lipinski definition) is 4. The molecule has 0 heterocycles. The summed E-state index contributed by atoms with van der Waals surface area (Å²) in [6.07, 6.45) is -0.652. The van der Waals surface area contributed by atoms with Crippen molar-refractivity contribution in [3.8, 4) is 17.2 Å². The van der Waals surface area contributed by atoms with Crippen molar-refractivity contribution in [3.05, 3.63) is 17.7 Å². The number of rotatable bonds is 4. The van der Waals surface area contributed by atoms with E-state index in [4.69, 9.17) is 14.2 Å². The van der Waals surface area contributed by atoms with Gasteiger partial charge in [-0.15, -0.1) is 0 Å². The van der Waals surface area contributed by atoms with Crippen LogP contribution in [0.1, 0.15) is 18.6 Å². The van der Waals surface area contributed by atoms with Crippen molar-refractivity contribution < 1.29 is 19.3 Å². The Labute approximate surface area is 89.4 Å². The molecule has 0 radical (unpaired) electrons. The Morgan fingerprint density at radius 1 is 1.00 bits per heavy atom. The van der Waals surface area contributed by atoms with E-state index in [-0.39, 0.29) is 0 Å². The van der Waals surface area contributed by atoms with Gasteiger partial charge in [-0.1, -0.05) is 0 Å². The molecule has 1 aromatic carbocycles. The molecule has 4 heteroatoms. The zero-order chi connectivity index (χ0) is 11.4. The maximum Gasteiger partial charge on any atom is 0.132 e. The lowest BCUT2D eigenvalue weighted by atomic mass is 10.1. The summed E-state index contributed by atoms with van der Waals surface area (Å²) in [5.41, 5.74) is 0.626. The van der Waals surface area contributed by atoms with Gasteiger partial charge in [-0.3, -0.25) is 0 Å². The maximum atomic E-state index is 9.61. The van der Waals surface area contributed by atoms with Crippen molar-refractivity contribution in [2.75, 3.05) is 21.3 Å². The first-order valence-electron chi connectivity index (χ1n) is 4.62. The summed E-state index contributed by atoms with van der Waals surface area (Å²) >= 11 is 0.